The van der Waals surface area contributed by atoms with Crippen LogP contribution in [0, 0.1) is 16.4 Å². The van der Waals surface area contributed by atoms with Crippen molar-refractivity contribution in [2.45, 2.75) is 19.8 Å². The molecule has 3 rings (SSSR count). The Morgan fingerprint density at radius 3 is 2.83 bits per heavy atom. The van der Waals surface area contributed by atoms with Crippen LogP contribution in [-0.2, 0) is 4.79 Å². The predicted molar refractivity (Wildman–Crippen MR) is 78.3 cm³/mol. The first kappa shape index (κ1) is 11.8. The number of anilines is 1. The molecule has 0 unspecified atom stereocenters. The van der Waals surface area contributed by atoms with Crippen molar-refractivity contribution in [1.82, 2.24) is 9.97 Å². The van der Waals surface area contributed by atoms with Crippen molar-refractivity contribution in [1.29, 1.82) is 0 Å². The molecule has 0 aromatic carbocycles. The van der Waals surface area contributed by atoms with Crippen molar-refractivity contribution in [3.63, 3.8) is 0 Å². The van der Waals surface area contributed by atoms with E-state index >= 15 is 0 Å². The Bertz CT molecular complexity index is 637. The molecule has 4 nitrogen and oxygen atoms in total. The van der Waals surface area contributed by atoms with Gasteiger partial charge in [0.2, 0.25) is 5.91 Å². The third-order valence-corrected chi connectivity index (χ3v) is 3.98. The molecular formula is C13H12IN3O. The van der Waals surface area contributed by atoms with Gasteiger partial charge in [-0.05, 0) is 48.4 Å². The maximum absolute atomic E-state index is 11.7. The van der Waals surface area contributed by atoms with Gasteiger partial charge >= 0.3 is 0 Å². The molecule has 0 bridgehead atoms. The molecule has 0 spiro atoms. The number of pyridine rings is 2. The summed E-state index contributed by atoms with van der Waals surface area (Å²) in [6.45, 7) is 1.96. The molecule has 0 saturated heterocycles. The van der Waals surface area contributed by atoms with Gasteiger partial charge in [0, 0.05) is 38.3 Å². The molecule has 1 fully saturated rings. The monoisotopic (exact) mass is 353 g/mol. The van der Waals surface area contributed by atoms with E-state index in [4.69, 9.17) is 0 Å². The third-order valence-electron chi connectivity index (χ3n) is 3.12. The zero-order chi connectivity index (χ0) is 12.7. The summed E-state index contributed by atoms with van der Waals surface area (Å²) in [7, 11) is 0. The molecule has 1 aliphatic rings. The molecule has 2 heterocycles. The van der Waals surface area contributed by atoms with Crippen LogP contribution in [0.15, 0.2) is 18.5 Å². The van der Waals surface area contributed by atoms with Crippen LogP contribution < -0.4 is 5.32 Å². The number of carbonyl (C=O) groups excluding carboxylic acids is 1. The number of carbonyl (C=O) groups is 1. The fraction of sp³-hybridized carbons (Fsp3) is 0.308. The molecule has 1 N–H and O–H groups in total. The highest BCUT2D eigenvalue weighted by molar-refractivity contribution is 14.1. The van der Waals surface area contributed by atoms with Crippen LogP contribution in [-0.4, -0.2) is 15.9 Å². The Labute approximate surface area is 118 Å². The van der Waals surface area contributed by atoms with Crippen molar-refractivity contribution in [3.8, 4) is 0 Å². The van der Waals surface area contributed by atoms with Crippen LogP contribution in [0.2, 0.25) is 0 Å². The fourth-order valence-electron chi connectivity index (χ4n) is 1.88. The van der Waals surface area contributed by atoms with Gasteiger partial charge in [0.25, 0.3) is 0 Å². The standard InChI is InChI=1S/C13H12IN3O/c1-7-10-5-16-12(17-13(18)8-2-3-8)4-9(10)11(14)6-15-7/h4-6,8H,2-3H2,1H3,(H,16,17,18). The van der Waals surface area contributed by atoms with Gasteiger partial charge in [-0.25, -0.2) is 4.98 Å². The normalized spacial score (nSPS) is 14.8. The Morgan fingerprint density at radius 1 is 1.33 bits per heavy atom. The topological polar surface area (TPSA) is 54.9 Å². The van der Waals surface area contributed by atoms with Gasteiger partial charge in [0.1, 0.15) is 5.82 Å². The summed E-state index contributed by atoms with van der Waals surface area (Å²) < 4.78 is 1.07. The number of nitrogens with zero attached hydrogens (tertiary/aromatic N) is 2. The van der Waals surface area contributed by atoms with Crippen LogP contribution in [0.5, 0.6) is 0 Å². The van der Waals surface area contributed by atoms with Gasteiger partial charge < -0.3 is 5.32 Å². The summed E-state index contributed by atoms with van der Waals surface area (Å²) in [5.41, 5.74) is 0.956. The van der Waals surface area contributed by atoms with Crippen LogP contribution in [0.4, 0.5) is 5.82 Å². The van der Waals surface area contributed by atoms with Crippen molar-refractivity contribution in [2.75, 3.05) is 5.32 Å². The van der Waals surface area contributed by atoms with Crippen LogP contribution in [0.1, 0.15) is 18.5 Å². The first-order valence-electron chi connectivity index (χ1n) is 5.87. The first-order chi connectivity index (χ1) is 8.65. The average Bonchev–Trinajstić information content (AvgIpc) is 3.18. The lowest BCUT2D eigenvalue weighted by atomic mass is 10.2. The number of nitrogens with one attached hydrogen (secondary N) is 1. The highest BCUT2D eigenvalue weighted by Crippen LogP contribution is 2.30. The summed E-state index contributed by atoms with van der Waals surface area (Å²) in [6.07, 6.45) is 5.62. The number of aromatic nitrogens is 2. The Balaban J connectivity index is 1.99. The minimum absolute atomic E-state index is 0.0858. The SMILES string of the molecule is Cc1ncc(I)c2cc(NC(=O)C3CC3)ncc12. The molecule has 0 aliphatic heterocycles. The summed E-state index contributed by atoms with van der Waals surface area (Å²) in [5.74, 6) is 0.909. The quantitative estimate of drug-likeness (QED) is 0.845. The van der Waals surface area contributed by atoms with Gasteiger partial charge in [-0.15, -0.1) is 0 Å². The second kappa shape index (κ2) is 4.46. The molecule has 18 heavy (non-hydrogen) atoms. The minimum atomic E-state index is 0.0858. The fourth-order valence-corrected chi connectivity index (χ4v) is 2.46. The van der Waals surface area contributed by atoms with Gasteiger partial charge in [-0.2, -0.15) is 0 Å². The van der Waals surface area contributed by atoms with Crippen molar-refractivity contribution in [2.24, 2.45) is 5.92 Å². The van der Waals surface area contributed by atoms with Crippen LogP contribution in [0.25, 0.3) is 10.8 Å². The number of fused-ring (bicyclic) bond motifs is 1. The third kappa shape index (κ3) is 2.19. The molecule has 5 heteroatoms. The summed E-state index contributed by atoms with van der Waals surface area (Å²) >= 11 is 2.25. The second-order valence-corrected chi connectivity index (χ2v) is 5.73. The lowest BCUT2D eigenvalue weighted by Gasteiger charge is -2.07. The van der Waals surface area contributed by atoms with Gasteiger partial charge in [-0.3, -0.25) is 9.78 Å². The van der Waals surface area contributed by atoms with Gasteiger partial charge in [0.05, 0.1) is 0 Å². The highest BCUT2D eigenvalue weighted by atomic mass is 127. The number of rotatable bonds is 2. The van der Waals surface area contributed by atoms with Crippen molar-refractivity contribution < 1.29 is 4.79 Å². The van der Waals surface area contributed by atoms with E-state index in [9.17, 15) is 4.79 Å². The van der Waals surface area contributed by atoms with Crippen LogP contribution in [0.3, 0.4) is 0 Å². The van der Waals surface area contributed by atoms with Crippen molar-refractivity contribution >= 4 is 45.1 Å². The summed E-state index contributed by atoms with van der Waals surface area (Å²) in [4.78, 5) is 20.3. The lowest BCUT2D eigenvalue weighted by Crippen LogP contribution is -2.14. The van der Waals surface area contributed by atoms with Gasteiger partial charge in [0.15, 0.2) is 0 Å². The zero-order valence-corrected chi connectivity index (χ0v) is 12.1. The Hall–Kier alpha value is -1.24. The maximum atomic E-state index is 11.7. The van der Waals surface area contributed by atoms with E-state index in [-0.39, 0.29) is 11.8 Å². The number of amides is 1. The van der Waals surface area contributed by atoms with E-state index < -0.39 is 0 Å². The largest absolute Gasteiger partial charge is 0.310 e. The molecule has 0 atom stereocenters. The molecule has 92 valence electrons. The lowest BCUT2D eigenvalue weighted by molar-refractivity contribution is -0.117. The number of hydrogen-bond acceptors (Lipinski definition) is 3. The van der Waals surface area contributed by atoms with Gasteiger partial charge in [-0.1, -0.05) is 0 Å². The summed E-state index contributed by atoms with van der Waals surface area (Å²) in [5, 5.41) is 4.99. The molecule has 1 amide bonds. The molecule has 2 aromatic heterocycles. The van der Waals surface area contributed by atoms with Crippen molar-refractivity contribution in [3.05, 3.63) is 27.7 Å². The molecule has 1 saturated carbocycles. The summed E-state index contributed by atoms with van der Waals surface area (Å²) in [6, 6.07) is 1.92. The zero-order valence-electron chi connectivity index (χ0n) is 9.90. The molecular weight excluding hydrogens is 341 g/mol. The molecule has 0 radical (unpaired) electrons. The highest BCUT2D eigenvalue weighted by Gasteiger charge is 2.29. The van der Waals surface area contributed by atoms with E-state index in [1.807, 2.05) is 19.2 Å². The van der Waals surface area contributed by atoms with Crippen LogP contribution >= 0.6 is 22.6 Å². The molecule has 1 aliphatic carbocycles. The smallest absolute Gasteiger partial charge is 0.228 e. The van der Waals surface area contributed by atoms with E-state index in [0.717, 1.165) is 32.9 Å². The van der Waals surface area contributed by atoms with E-state index in [0.29, 0.717) is 5.82 Å². The minimum Gasteiger partial charge on any atom is -0.310 e. The Kier molecular flexibility index (Phi) is 2.93. The van der Waals surface area contributed by atoms with E-state index in [1.165, 1.54) is 0 Å². The maximum Gasteiger partial charge on any atom is 0.228 e. The second-order valence-electron chi connectivity index (χ2n) is 4.57. The Morgan fingerprint density at radius 2 is 2.11 bits per heavy atom. The number of halogens is 1. The van der Waals surface area contributed by atoms with E-state index in [1.54, 1.807) is 6.20 Å². The number of aryl methyl sites for hydroxylation is 1. The first-order valence-corrected chi connectivity index (χ1v) is 6.95. The number of hydrogen-bond donors (Lipinski definition) is 1. The predicted octanol–water partition coefficient (Wildman–Crippen LogP) is 2.89. The van der Waals surface area contributed by atoms with E-state index in [2.05, 4.69) is 37.9 Å². The average molecular weight is 353 g/mol. The molecule has 2 aromatic rings.